The number of phosphoric acid groups is 1. The lowest BCUT2D eigenvalue weighted by Crippen LogP contribution is -2.46. The van der Waals surface area contributed by atoms with Crippen LogP contribution in [0.3, 0.4) is 0 Å². The average molecular weight is 1100 g/mol. The molecule has 0 aromatic rings. The van der Waals surface area contributed by atoms with Crippen molar-refractivity contribution in [3.8, 4) is 0 Å². The summed E-state index contributed by atoms with van der Waals surface area (Å²) >= 11 is 0. The van der Waals surface area contributed by atoms with Gasteiger partial charge in [0.1, 0.15) is 13.2 Å². The predicted octanol–water partition coefficient (Wildman–Crippen LogP) is 20.9. The number of aliphatic hydroxyl groups excluding tert-OH is 1. The van der Waals surface area contributed by atoms with E-state index in [1.807, 2.05) is 21.1 Å². The Kier molecular flexibility index (Phi) is 58.7. The zero-order valence-electron chi connectivity index (χ0n) is 52.3. The summed E-state index contributed by atoms with van der Waals surface area (Å²) in [6.07, 6.45) is 73.2. The van der Waals surface area contributed by atoms with Crippen molar-refractivity contribution < 1.29 is 32.9 Å². The molecule has 0 saturated heterocycles. The summed E-state index contributed by atoms with van der Waals surface area (Å²) in [6.45, 7) is 4.80. The molecule has 3 atom stereocenters. The number of hydrogen-bond donors (Lipinski definition) is 2. The van der Waals surface area contributed by atoms with Crippen LogP contribution in [0.5, 0.6) is 0 Å². The maximum Gasteiger partial charge on any atom is 0.268 e. The smallest absolute Gasteiger partial charge is 0.268 e. The Hall–Kier alpha value is -0.500. The zero-order valence-corrected chi connectivity index (χ0v) is 53.2. The topological polar surface area (TPSA) is 108 Å². The molecule has 456 valence electrons. The number of quaternary nitrogens is 1. The van der Waals surface area contributed by atoms with Crippen LogP contribution in [0.1, 0.15) is 373 Å². The van der Waals surface area contributed by atoms with E-state index in [1.165, 1.54) is 308 Å². The maximum absolute atomic E-state index is 13.0. The summed E-state index contributed by atoms with van der Waals surface area (Å²) in [4.78, 5) is 25.6. The summed E-state index contributed by atoms with van der Waals surface area (Å²) in [5, 5.41) is 14.1. The van der Waals surface area contributed by atoms with Gasteiger partial charge in [-0.25, -0.2) is 0 Å². The first-order valence-corrected chi connectivity index (χ1v) is 35.8. The van der Waals surface area contributed by atoms with Crippen LogP contribution in [0.15, 0.2) is 0 Å². The molecule has 0 aliphatic carbocycles. The van der Waals surface area contributed by atoms with E-state index in [2.05, 4.69) is 19.2 Å². The molecule has 3 unspecified atom stereocenters. The fourth-order valence-corrected chi connectivity index (χ4v) is 11.7. The zero-order chi connectivity index (χ0) is 55.6. The Morgan fingerprint density at radius 2 is 0.645 bits per heavy atom. The van der Waals surface area contributed by atoms with Gasteiger partial charge in [0.15, 0.2) is 0 Å². The second-order valence-electron chi connectivity index (χ2n) is 25.3. The first-order valence-electron chi connectivity index (χ1n) is 34.4. The molecular formula is C67H137N2O6P. The summed E-state index contributed by atoms with van der Waals surface area (Å²) in [5.41, 5.74) is 0. The van der Waals surface area contributed by atoms with E-state index < -0.39 is 20.0 Å². The van der Waals surface area contributed by atoms with Crippen molar-refractivity contribution in [2.75, 3.05) is 40.9 Å². The van der Waals surface area contributed by atoms with Gasteiger partial charge in [0.05, 0.1) is 39.9 Å². The van der Waals surface area contributed by atoms with Crippen molar-refractivity contribution in [1.29, 1.82) is 0 Å². The van der Waals surface area contributed by atoms with Crippen molar-refractivity contribution >= 4 is 13.7 Å². The van der Waals surface area contributed by atoms with Crippen molar-refractivity contribution in [3.05, 3.63) is 0 Å². The van der Waals surface area contributed by atoms with E-state index >= 15 is 0 Å². The minimum Gasteiger partial charge on any atom is -0.756 e. The summed E-state index contributed by atoms with van der Waals surface area (Å²) in [6, 6.07) is -0.797. The summed E-state index contributed by atoms with van der Waals surface area (Å²) in [5.74, 6) is -0.154. The molecule has 1 amide bonds. The number of carbonyl (C=O) groups excluding carboxylic acids is 1. The van der Waals surface area contributed by atoms with Crippen LogP contribution in [0.25, 0.3) is 0 Å². The number of likely N-dealkylation sites (N-methyl/N-ethyl adjacent to an activating group) is 1. The number of carbonyl (C=O) groups is 1. The second-order valence-corrected chi connectivity index (χ2v) is 26.7. The second kappa shape index (κ2) is 59.1. The highest BCUT2D eigenvalue weighted by Crippen LogP contribution is 2.38. The molecule has 0 saturated carbocycles. The average Bonchev–Trinajstić information content (AvgIpc) is 3.38. The van der Waals surface area contributed by atoms with Gasteiger partial charge in [0, 0.05) is 6.42 Å². The highest BCUT2D eigenvalue weighted by Gasteiger charge is 2.24. The fourth-order valence-electron chi connectivity index (χ4n) is 11.0. The quantitative estimate of drug-likeness (QED) is 0.0357. The van der Waals surface area contributed by atoms with E-state index in [9.17, 15) is 19.4 Å². The number of nitrogens with one attached hydrogen (secondary N) is 1. The van der Waals surface area contributed by atoms with Crippen molar-refractivity contribution in [3.63, 3.8) is 0 Å². The van der Waals surface area contributed by atoms with Crippen LogP contribution in [0.4, 0.5) is 0 Å². The number of rotatable bonds is 65. The van der Waals surface area contributed by atoms with Gasteiger partial charge >= 0.3 is 0 Å². The number of amides is 1. The number of aliphatic hydroxyl groups is 1. The Labute approximate surface area is 476 Å². The van der Waals surface area contributed by atoms with Gasteiger partial charge in [-0.05, 0) is 12.8 Å². The standard InChI is InChI=1S/C67H137N2O6P/c1-6-8-10-12-14-16-18-20-22-24-26-28-30-32-34-35-36-38-40-42-44-46-48-50-52-54-56-58-60-66(70)65(64-75-76(72,73)74-63-62-69(3,4)5)68-67(71)61-59-57-55-53-51-49-47-45-43-41-39-37-33-31-29-27-25-23-21-19-17-15-13-11-9-7-2/h65-66,70H,6-64H2,1-5H3,(H-,68,71,72,73). The van der Waals surface area contributed by atoms with Gasteiger partial charge in [-0.1, -0.05) is 354 Å². The molecule has 9 heteroatoms. The number of nitrogens with zero attached hydrogens (tertiary/aromatic N) is 1. The lowest BCUT2D eigenvalue weighted by Gasteiger charge is -2.30. The van der Waals surface area contributed by atoms with Gasteiger partial charge in [-0.3, -0.25) is 9.36 Å². The predicted molar refractivity (Wildman–Crippen MR) is 330 cm³/mol. The van der Waals surface area contributed by atoms with Gasteiger partial charge in [-0.2, -0.15) is 0 Å². The van der Waals surface area contributed by atoms with E-state index in [1.54, 1.807) is 0 Å². The molecule has 0 rings (SSSR count). The molecule has 0 aliphatic rings. The molecule has 0 aromatic carbocycles. The Balaban J connectivity index is 4.00. The minimum absolute atomic E-state index is 0.0170. The molecule has 0 fully saturated rings. The molecule has 8 nitrogen and oxygen atoms in total. The van der Waals surface area contributed by atoms with Crippen LogP contribution in [-0.2, 0) is 18.4 Å². The minimum atomic E-state index is -4.57. The van der Waals surface area contributed by atoms with Crippen LogP contribution < -0.4 is 10.2 Å². The van der Waals surface area contributed by atoms with Gasteiger partial charge in [0.25, 0.3) is 7.82 Å². The first-order chi connectivity index (χ1) is 37.0. The largest absolute Gasteiger partial charge is 0.756 e. The normalized spacial score (nSPS) is 13.6. The van der Waals surface area contributed by atoms with Crippen LogP contribution >= 0.6 is 7.82 Å². The number of phosphoric ester groups is 1. The molecular weight excluding hydrogens is 960 g/mol. The van der Waals surface area contributed by atoms with E-state index in [-0.39, 0.29) is 19.1 Å². The number of hydrogen-bond acceptors (Lipinski definition) is 6. The Morgan fingerprint density at radius 3 is 0.895 bits per heavy atom. The highest BCUT2D eigenvalue weighted by molar-refractivity contribution is 7.45. The molecule has 0 radical (unpaired) electrons. The lowest BCUT2D eigenvalue weighted by atomic mass is 10.0. The molecule has 76 heavy (non-hydrogen) atoms. The van der Waals surface area contributed by atoms with Crippen LogP contribution in [0.2, 0.25) is 0 Å². The highest BCUT2D eigenvalue weighted by atomic mass is 31.2. The van der Waals surface area contributed by atoms with Gasteiger partial charge in [-0.15, -0.1) is 0 Å². The Morgan fingerprint density at radius 1 is 0.408 bits per heavy atom. The van der Waals surface area contributed by atoms with E-state index in [0.29, 0.717) is 23.9 Å². The molecule has 0 spiro atoms. The number of unbranched alkanes of at least 4 members (excludes halogenated alkanes) is 52. The van der Waals surface area contributed by atoms with Gasteiger partial charge in [0.2, 0.25) is 5.91 Å². The molecule has 0 aromatic heterocycles. The Bertz CT molecular complexity index is 1200. The monoisotopic (exact) mass is 1100 g/mol. The van der Waals surface area contributed by atoms with Crippen molar-refractivity contribution in [1.82, 2.24) is 5.32 Å². The molecule has 0 aliphatic heterocycles. The summed E-state index contributed by atoms with van der Waals surface area (Å²) < 4.78 is 23.5. The van der Waals surface area contributed by atoms with E-state index in [4.69, 9.17) is 9.05 Å². The maximum atomic E-state index is 13.0. The van der Waals surface area contributed by atoms with E-state index in [0.717, 1.165) is 38.5 Å². The van der Waals surface area contributed by atoms with Crippen molar-refractivity contribution in [2.45, 2.75) is 386 Å². The first kappa shape index (κ1) is 75.5. The summed E-state index contributed by atoms with van der Waals surface area (Å²) in [7, 11) is 1.33. The lowest BCUT2D eigenvalue weighted by molar-refractivity contribution is -0.870. The van der Waals surface area contributed by atoms with Crippen LogP contribution in [0, 0.1) is 0 Å². The van der Waals surface area contributed by atoms with Crippen molar-refractivity contribution in [2.24, 2.45) is 0 Å². The molecule has 0 heterocycles. The van der Waals surface area contributed by atoms with Gasteiger partial charge < -0.3 is 28.8 Å². The third-order valence-electron chi connectivity index (χ3n) is 16.3. The SMILES string of the molecule is CCCCCCCCCCCCCCCCCCCCCCCCCCCCCCC(O)C(COP(=O)([O-])OCC[N+](C)(C)C)NC(=O)CCCCCCCCCCCCCCCCCCCCCCCCCCCC. The third-order valence-corrected chi connectivity index (χ3v) is 17.3. The van der Waals surface area contributed by atoms with Crippen LogP contribution in [-0.4, -0.2) is 68.5 Å². The fraction of sp³-hybridized carbons (Fsp3) is 0.985. The molecule has 0 bridgehead atoms. The third kappa shape index (κ3) is 61.1. The molecule has 2 N–H and O–H groups in total.